The maximum Gasteiger partial charge on any atom is 0.246 e. The molecule has 0 bridgehead atoms. The first-order chi connectivity index (χ1) is 5.40. The Morgan fingerprint density at radius 1 is 1.55 bits per heavy atom. The van der Waals surface area contributed by atoms with Crippen molar-refractivity contribution >= 4 is 11.2 Å². The second-order valence-electron chi connectivity index (χ2n) is 2.29. The molecule has 0 atom stereocenters. The molecule has 0 aliphatic rings. The van der Waals surface area contributed by atoms with Crippen LogP contribution in [0.4, 0.5) is 0 Å². The van der Waals surface area contributed by atoms with Crippen molar-refractivity contribution in [2.75, 3.05) is 0 Å². The molecule has 3 nitrogen and oxygen atoms in total. The molecule has 0 unspecified atom stereocenters. The van der Waals surface area contributed by atoms with Gasteiger partial charge in [0.05, 0.1) is 0 Å². The highest BCUT2D eigenvalue weighted by Gasteiger charge is 2.01. The normalized spacial score (nSPS) is 10.6. The Bertz CT molecular complexity index is 334. The molecular formula is C8H8N2O. The summed E-state index contributed by atoms with van der Waals surface area (Å²) in [7, 11) is 0. The minimum absolute atomic E-state index is 0.629. The van der Waals surface area contributed by atoms with Gasteiger partial charge in [-0.3, -0.25) is 0 Å². The van der Waals surface area contributed by atoms with E-state index in [2.05, 4.69) is 9.97 Å². The van der Waals surface area contributed by atoms with Gasteiger partial charge in [-0.2, -0.15) is 0 Å². The Labute approximate surface area is 64.1 Å². The van der Waals surface area contributed by atoms with Crippen LogP contribution in [0.2, 0.25) is 0 Å². The van der Waals surface area contributed by atoms with Crippen molar-refractivity contribution in [1.82, 2.24) is 9.97 Å². The van der Waals surface area contributed by atoms with E-state index in [9.17, 15) is 0 Å². The molecule has 2 aromatic heterocycles. The summed E-state index contributed by atoms with van der Waals surface area (Å²) in [6.07, 6.45) is 2.52. The van der Waals surface area contributed by atoms with E-state index in [1.807, 2.05) is 19.1 Å². The van der Waals surface area contributed by atoms with E-state index in [0.717, 1.165) is 17.8 Å². The van der Waals surface area contributed by atoms with Gasteiger partial charge in [0.1, 0.15) is 5.52 Å². The van der Waals surface area contributed by atoms with Gasteiger partial charge in [-0.05, 0) is 12.1 Å². The Hall–Kier alpha value is -1.38. The van der Waals surface area contributed by atoms with Crippen molar-refractivity contribution in [3.05, 3.63) is 24.2 Å². The van der Waals surface area contributed by atoms with Crippen LogP contribution < -0.4 is 0 Å². The number of pyridine rings is 1. The van der Waals surface area contributed by atoms with Crippen LogP contribution in [0.1, 0.15) is 12.8 Å². The summed E-state index contributed by atoms with van der Waals surface area (Å²) in [5.41, 5.74) is 1.47. The smallest absolute Gasteiger partial charge is 0.246 e. The summed E-state index contributed by atoms with van der Waals surface area (Å²) in [5.74, 6) is 0.749. The van der Waals surface area contributed by atoms with Crippen LogP contribution in [0.25, 0.3) is 11.2 Å². The molecule has 0 N–H and O–H groups in total. The molecule has 11 heavy (non-hydrogen) atoms. The predicted molar refractivity (Wildman–Crippen MR) is 41.2 cm³/mol. The number of aryl methyl sites for hydroxylation is 1. The lowest BCUT2D eigenvalue weighted by atomic mass is 10.4. The molecule has 0 amide bonds. The summed E-state index contributed by atoms with van der Waals surface area (Å²) in [5, 5.41) is 0. The molecule has 0 aliphatic heterocycles. The quantitative estimate of drug-likeness (QED) is 0.618. The van der Waals surface area contributed by atoms with Gasteiger partial charge >= 0.3 is 0 Å². The average Bonchev–Trinajstić information content (AvgIpc) is 2.46. The van der Waals surface area contributed by atoms with Gasteiger partial charge in [0.25, 0.3) is 0 Å². The third-order valence-corrected chi connectivity index (χ3v) is 1.51. The lowest BCUT2D eigenvalue weighted by Crippen LogP contribution is -1.74. The lowest BCUT2D eigenvalue weighted by molar-refractivity contribution is 0.529. The minimum atomic E-state index is 0.629. The predicted octanol–water partition coefficient (Wildman–Crippen LogP) is 1.79. The van der Waals surface area contributed by atoms with Gasteiger partial charge in [-0.15, -0.1) is 0 Å². The largest absolute Gasteiger partial charge is 0.422 e. The Balaban J connectivity index is 2.69. The molecule has 2 aromatic rings. The maximum absolute atomic E-state index is 5.29. The van der Waals surface area contributed by atoms with Crippen LogP contribution >= 0.6 is 0 Å². The third kappa shape index (κ3) is 0.981. The van der Waals surface area contributed by atoms with Gasteiger partial charge in [-0.25, -0.2) is 9.97 Å². The molecule has 0 aliphatic carbocycles. The molecule has 0 saturated heterocycles. The fourth-order valence-corrected chi connectivity index (χ4v) is 0.966. The summed E-state index contributed by atoms with van der Waals surface area (Å²) >= 11 is 0. The lowest BCUT2D eigenvalue weighted by Gasteiger charge is -1.80. The Kier molecular flexibility index (Phi) is 1.35. The van der Waals surface area contributed by atoms with Gasteiger partial charge in [0.2, 0.25) is 5.71 Å². The van der Waals surface area contributed by atoms with E-state index < -0.39 is 0 Å². The average molecular weight is 148 g/mol. The van der Waals surface area contributed by atoms with Crippen LogP contribution in [-0.4, -0.2) is 9.97 Å². The van der Waals surface area contributed by atoms with E-state index in [1.54, 1.807) is 6.20 Å². The van der Waals surface area contributed by atoms with Gasteiger partial charge in [0, 0.05) is 12.6 Å². The van der Waals surface area contributed by atoms with E-state index >= 15 is 0 Å². The number of rotatable bonds is 1. The molecule has 56 valence electrons. The van der Waals surface area contributed by atoms with Gasteiger partial charge in [0.15, 0.2) is 5.89 Å². The summed E-state index contributed by atoms with van der Waals surface area (Å²) in [6, 6.07) is 3.75. The monoisotopic (exact) mass is 148 g/mol. The Morgan fingerprint density at radius 3 is 3.18 bits per heavy atom. The molecule has 0 spiro atoms. The summed E-state index contributed by atoms with van der Waals surface area (Å²) in [4.78, 5) is 8.22. The number of fused-ring (bicyclic) bond motifs is 1. The van der Waals surface area contributed by atoms with Gasteiger partial charge in [-0.1, -0.05) is 6.92 Å². The fourth-order valence-electron chi connectivity index (χ4n) is 0.966. The second-order valence-corrected chi connectivity index (χ2v) is 2.29. The number of oxazole rings is 1. The van der Waals surface area contributed by atoms with Crippen LogP contribution in [0, 0.1) is 0 Å². The van der Waals surface area contributed by atoms with Crippen LogP contribution in [-0.2, 0) is 6.42 Å². The molecule has 0 radical (unpaired) electrons. The number of aromatic nitrogens is 2. The SMILES string of the molecule is CCc1nc2cccnc2o1. The standard InChI is InChI=1S/C8H8N2O/c1-2-7-10-6-4-3-5-9-8(6)11-7/h3-5H,2H2,1H3. The molecule has 0 saturated carbocycles. The van der Waals surface area contributed by atoms with Crippen LogP contribution in [0.3, 0.4) is 0 Å². The van der Waals surface area contributed by atoms with Crippen molar-refractivity contribution in [2.24, 2.45) is 0 Å². The summed E-state index contributed by atoms with van der Waals surface area (Å²) < 4.78 is 5.29. The zero-order valence-corrected chi connectivity index (χ0v) is 6.24. The maximum atomic E-state index is 5.29. The molecule has 2 rings (SSSR count). The van der Waals surface area contributed by atoms with Gasteiger partial charge < -0.3 is 4.42 Å². The first-order valence-electron chi connectivity index (χ1n) is 3.60. The number of nitrogens with zero attached hydrogens (tertiary/aromatic N) is 2. The van der Waals surface area contributed by atoms with Crippen molar-refractivity contribution in [2.45, 2.75) is 13.3 Å². The third-order valence-electron chi connectivity index (χ3n) is 1.51. The highest BCUT2D eigenvalue weighted by atomic mass is 16.4. The first-order valence-corrected chi connectivity index (χ1v) is 3.60. The molecule has 3 heteroatoms. The highest BCUT2D eigenvalue weighted by molar-refractivity contribution is 5.67. The van der Waals surface area contributed by atoms with E-state index in [-0.39, 0.29) is 0 Å². The van der Waals surface area contributed by atoms with Crippen molar-refractivity contribution < 1.29 is 4.42 Å². The Morgan fingerprint density at radius 2 is 2.45 bits per heavy atom. The fraction of sp³-hybridized carbons (Fsp3) is 0.250. The highest BCUT2D eigenvalue weighted by Crippen LogP contribution is 2.11. The number of hydrogen-bond acceptors (Lipinski definition) is 3. The van der Waals surface area contributed by atoms with Crippen molar-refractivity contribution in [3.8, 4) is 0 Å². The number of hydrogen-bond donors (Lipinski definition) is 0. The van der Waals surface area contributed by atoms with E-state index in [1.165, 1.54) is 0 Å². The zero-order chi connectivity index (χ0) is 7.68. The van der Waals surface area contributed by atoms with E-state index in [4.69, 9.17) is 4.42 Å². The topological polar surface area (TPSA) is 38.9 Å². The van der Waals surface area contributed by atoms with Crippen molar-refractivity contribution in [1.29, 1.82) is 0 Å². The van der Waals surface area contributed by atoms with Crippen LogP contribution in [0.5, 0.6) is 0 Å². The van der Waals surface area contributed by atoms with E-state index in [0.29, 0.717) is 5.71 Å². The first kappa shape index (κ1) is 6.34. The zero-order valence-electron chi connectivity index (χ0n) is 6.24. The molecule has 0 aromatic carbocycles. The summed E-state index contributed by atoms with van der Waals surface area (Å²) in [6.45, 7) is 2.00. The minimum Gasteiger partial charge on any atom is -0.422 e. The molecule has 2 heterocycles. The molecule has 0 fully saturated rings. The van der Waals surface area contributed by atoms with Crippen LogP contribution in [0.15, 0.2) is 22.7 Å². The van der Waals surface area contributed by atoms with Crippen molar-refractivity contribution in [3.63, 3.8) is 0 Å². The molecular weight excluding hydrogens is 140 g/mol. The second kappa shape index (κ2) is 2.34.